The molecule has 0 fully saturated rings. The smallest absolute Gasteiger partial charge is 0.222 e. The van der Waals surface area contributed by atoms with Crippen LogP contribution >= 0.6 is 0 Å². The molecule has 1 aliphatic heterocycles. The molecule has 0 amide bonds. The highest BCUT2D eigenvalue weighted by atomic mass is 16.3. The lowest BCUT2D eigenvalue weighted by atomic mass is 10.0. The summed E-state index contributed by atoms with van der Waals surface area (Å²) in [6.45, 7) is 9.51. The van der Waals surface area contributed by atoms with Gasteiger partial charge in [-0.25, -0.2) is 4.98 Å². The van der Waals surface area contributed by atoms with Gasteiger partial charge in [0.2, 0.25) is 5.89 Å². The average Bonchev–Trinajstić information content (AvgIpc) is 3.07. The minimum Gasteiger partial charge on any atom is -0.436 e. The number of oxazole rings is 1. The Bertz CT molecular complexity index is 935. The van der Waals surface area contributed by atoms with E-state index in [4.69, 9.17) is 9.40 Å². The van der Waals surface area contributed by atoms with E-state index in [1.165, 1.54) is 22.3 Å². The molecule has 0 aliphatic carbocycles. The zero-order chi connectivity index (χ0) is 18.1. The van der Waals surface area contributed by atoms with Gasteiger partial charge in [-0.3, -0.25) is 4.90 Å². The first-order valence-electron chi connectivity index (χ1n) is 9.46. The van der Waals surface area contributed by atoms with Gasteiger partial charge in [0.1, 0.15) is 5.52 Å². The Morgan fingerprint density at radius 3 is 2.62 bits per heavy atom. The van der Waals surface area contributed by atoms with Crippen LogP contribution in [0.3, 0.4) is 0 Å². The second-order valence-electron chi connectivity index (χ2n) is 7.60. The predicted octanol–water partition coefficient (Wildman–Crippen LogP) is 5.55. The van der Waals surface area contributed by atoms with E-state index >= 15 is 0 Å². The van der Waals surface area contributed by atoms with Crippen LogP contribution in [0.15, 0.2) is 53.0 Å². The van der Waals surface area contributed by atoms with Crippen molar-refractivity contribution < 1.29 is 4.42 Å². The van der Waals surface area contributed by atoms with E-state index in [1.807, 2.05) is 6.07 Å². The van der Waals surface area contributed by atoms with Crippen LogP contribution in [0, 0.1) is 6.92 Å². The van der Waals surface area contributed by atoms with E-state index in [9.17, 15) is 0 Å². The van der Waals surface area contributed by atoms with Crippen molar-refractivity contribution in [2.24, 2.45) is 0 Å². The first kappa shape index (κ1) is 17.0. The molecule has 0 saturated carbocycles. The van der Waals surface area contributed by atoms with Crippen molar-refractivity contribution in [2.45, 2.75) is 39.7 Å². The third-order valence-electron chi connectivity index (χ3n) is 5.17. The van der Waals surface area contributed by atoms with Crippen LogP contribution < -0.4 is 0 Å². The number of rotatable bonds is 4. The van der Waals surface area contributed by atoms with Gasteiger partial charge < -0.3 is 4.42 Å². The minimum atomic E-state index is 0.503. The number of aromatic nitrogens is 1. The van der Waals surface area contributed by atoms with Crippen molar-refractivity contribution in [1.29, 1.82) is 0 Å². The molecule has 0 saturated heterocycles. The fourth-order valence-corrected chi connectivity index (χ4v) is 3.44. The van der Waals surface area contributed by atoms with Crippen molar-refractivity contribution in [2.75, 3.05) is 13.1 Å². The van der Waals surface area contributed by atoms with Crippen molar-refractivity contribution in [3.63, 3.8) is 0 Å². The molecular weight excluding hydrogens is 320 g/mol. The van der Waals surface area contributed by atoms with E-state index in [0.717, 1.165) is 43.0 Å². The topological polar surface area (TPSA) is 29.3 Å². The van der Waals surface area contributed by atoms with Gasteiger partial charge in [0.15, 0.2) is 5.58 Å². The number of hydrogen-bond acceptors (Lipinski definition) is 3. The first-order chi connectivity index (χ1) is 12.6. The molecule has 0 bridgehead atoms. The van der Waals surface area contributed by atoms with E-state index in [0.29, 0.717) is 5.92 Å². The summed E-state index contributed by atoms with van der Waals surface area (Å²) in [5, 5.41) is 0. The molecule has 26 heavy (non-hydrogen) atoms. The summed E-state index contributed by atoms with van der Waals surface area (Å²) in [5.74, 6) is 1.29. The van der Waals surface area contributed by atoms with Crippen molar-refractivity contribution in [3.05, 3.63) is 71.1 Å². The van der Waals surface area contributed by atoms with Crippen molar-refractivity contribution >= 4 is 16.7 Å². The van der Waals surface area contributed by atoms with Gasteiger partial charge in [-0.05, 0) is 42.5 Å². The van der Waals surface area contributed by atoms with E-state index < -0.39 is 0 Å². The Kier molecular flexibility index (Phi) is 4.64. The Balaban J connectivity index is 1.48. The number of fused-ring (bicyclic) bond motifs is 1. The van der Waals surface area contributed by atoms with Crippen molar-refractivity contribution in [3.8, 4) is 0 Å². The lowest BCUT2D eigenvalue weighted by Crippen LogP contribution is -2.28. The maximum Gasteiger partial charge on any atom is 0.222 e. The van der Waals surface area contributed by atoms with Gasteiger partial charge in [-0.1, -0.05) is 55.8 Å². The third-order valence-corrected chi connectivity index (χ3v) is 5.17. The second kappa shape index (κ2) is 7.08. The van der Waals surface area contributed by atoms with Gasteiger partial charge in [-0.2, -0.15) is 0 Å². The Labute approximate surface area is 155 Å². The largest absolute Gasteiger partial charge is 0.436 e. The van der Waals surface area contributed by atoms with Gasteiger partial charge >= 0.3 is 0 Å². The van der Waals surface area contributed by atoms with Crippen LogP contribution in [-0.4, -0.2) is 23.0 Å². The molecule has 134 valence electrons. The molecule has 2 aromatic carbocycles. The second-order valence-corrected chi connectivity index (χ2v) is 7.60. The first-order valence-corrected chi connectivity index (χ1v) is 9.46. The average molecular weight is 346 g/mol. The molecule has 0 spiro atoms. The molecule has 0 atom stereocenters. The van der Waals surface area contributed by atoms with Crippen LogP contribution in [0.4, 0.5) is 0 Å². The lowest BCUT2D eigenvalue weighted by molar-refractivity contribution is 0.292. The zero-order valence-corrected chi connectivity index (χ0v) is 15.8. The Morgan fingerprint density at radius 2 is 1.92 bits per heavy atom. The monoisotopic (exact) mass is 346 g/mol. The normalized spacial score (nSPS) is 15.6. The van der Waals surface area contributed by atoms with Gasteiger partial charge in [0.25, 0.3) is 0 Å². The zero-order valence-electron chi connectivity index (χ0n) is 15.8. The third kappa shape index (κ3) is 3.58. The lowest BCUT2D eigenvalue weighted by Gasteiger charge is -2.25. The summed E-state index contributed by atoms with van der Waals surface area (Å²) in [5.41, 5.74) is 7.06. The van der Waals surface area contributed by atoms with E-state index in [-0.39, 0.29) is 0 Å². The van der Waals surface area contributed by atoms with Crippen LogP contribution in [0.2, 0.25) is 0 Å². The van der Waals surface area contributed by atoms with E-state index in [1.54, 1.807) is 0 Å². The number of hydrogen-bond donors (Lipinski definition) is 0. The Hall–Kier alpha value is -2.39. The quantitative estimate of drug-likeness (QED) is 0.620. The van der Waals surface area contributed by atoms with Crippen LogP contribution in [0.25, 0.3) is 16.7 Å². The van der Waals surface area contributed by atoms with Crippen LogP contribution in [-0.2, 0) is 6.54 Å². The molecule has 4 rings (SSSR count). The maximum absolute atomic E-state index is 6.01. The molecule has 0 unspecified atom stereocenters. The standard InChI is InChI=1S/C23H26N2O/c1-16(2)20-8-9-22-21(14-20)24-23(26-22)19-10-12-25(13-11-19)15-18-6-4-17(3)5-7-18/h4-10,14,16H,11-13,15H2,1-3H3. The summed E-state index contributed by atoms with van der Waals surface area (Å²) < 4.78 is 6.01. The molecule has 3 aromatic rings. The molecule has 3 heteroatoms. The maximum atomic E-state index is 6.01. The predicted molar refractivity (Wildman–Crippen MR) is 107 cm³/mol. The molecular formula is C23H26N2O. The van der Waals surface area contributed by atoms with Crippen molar-refractivity contribution in [1.82, 2.24) is 9.88 Å². The molecule has 1 aromatic heterocycles. The molecule has 1 aliphatic rings. The molecule has 3 nitrogen and oxygen atoms in total. The SMILES string of the molecule is Cc1ccc(CN2CC=C(c3nc4cc(C(C)C)ccc4o3)CC2)cc1. The molecule has 0 radical (unpaired) electrons. The fraction of sp³-hybridized carbons (Fsp3) is 0.348. The number of aryl methyl sites for hydroxylation is 1. The summed E-state index contributed by atoms with van der Waals surface area (Å²) in [6, 6.07) is 15.2. The van der Waals surface area contributed by atoms with Gasteiger partial charge in [-0.15, -0.1) is 0 Å². The highest BCUT2D eigenvalue weighted by molar-refractivity contribution is 5.77. The van der Waals surface area contributed by atoms with E-state index in [2.05, 4.69) is 68.1 Å². The number of nitrogens with zero attached hydrogens (tertiary/aromatic N) is 2. The number of benzene rings is 2. The summed E-state index contributed by atoms with van der Waals surface area (Å²) >= 11 is 0. The van der Waals surface area contributed by atoms with Gasteiger partial charge in [0.05, 0.1) is 0 Å². The molecule has 2 heterocycles. The summed E-state index contributed by atoms with van der Waals surface area (Å²) in [6.07, 6.45) is 3.25. The molecule has 0 N–H and O–H groups in total. The van der Waals surface area contributed by atoms with Crippen LogP contribution in [0.1, 0.15) is 48.8 Å². The Morgan fingerprint density at radius 1 is 1.12 bits per heavy atom. The highest BCUT2D eigenvalue weighted by Crippen LogP contribution is 2.28. The fourth-order valence-electron chi connectivity index (χ4n) is 3.44. The van der Waals surface area contributed by atoms with Crippen LogP contribution in [0.5, 0.6) is 0 Å². The minimum absolute atomic E-state index is 0.503. The summed E-state index contributed by atoms with van der Waals surface area (Å²) in [4.78, 5) is 7.21. The summed E-state index contributed by atoms with van der Waals surface area (Å²) in [7, 11) is 0. The highest BCUT2D eigenvalue weighted by Gasteiger charge is 2.17. The van der Waals surface area contributed by atoms with Gasteiger partial charge in [0, 0.05) is 25.2 Å².